The number of aromatic nitrogens is 1. The number of hydrogen-bond acceptors (Lipinski definition) is 4. The second-order valence-electron chi connectivity index (χ2n) is 5.35. The molecule has 1 aliphatic rings. The molecule has 0 aliphatic heterocycles. The fourth-order valence-electron chi connectivity index (χ4n) is 2.34. The van der Waals surface area contributed by atoms with E-state index in [-0.39, 0.29) is 0 Å². The van der Waals surface area contributed by atoms with Crippen LogP contribution in [0.25, 0.3) is 11.3 Å². The maximum absolute atomic E-state index is 6.32. The summed E-state index contributed by atoms with van der Waals surface area (Å²) in [6.07, 6.45) is 3.75. The molecule has 106 valence electrons. The molecule has 0 unspecified atom stereocenters. The lowest BCUT2D eigenvalue weighted by Gasteiger charge is -2.26. The Morgan fingerprint density at radius 2 is 2.20 bits per heavy atom. The third-order valence-electron chi connectivity index (χ3n) is 3.67. The lowest BCUT2D eigenvalue weighted by molar-refractivity contribution is 0.181. The molecule has 0 atom stereocenters. The fourth-order valence-corrected chi connectivity index (χ4v) is 2.66. The summed E-state index contributed by atoms with van der Waals surface area (Å²) in [7, 11) is 0. The van der Waals surface area contributed by atoms with Crippen molar-refractivity contribution in [3.8, 4) is 17.1 Å². The van der Waals surface area contributed by atoms with E-state index in [1.165, 1.54) is 19.3 Å². The Morgan fingerprint density at radius 1 is 1.40 bits per heavy atom. The van der Waals surface area contributed by atoms with E-state index in [2.05, 4.69) is 5.16 Å². The highest BCUT2D eigenvalue weighted by Crippen LogP contribution is 2.39. The van der Waals surface area contributed by atoms with Gasteiger partial charge in [-0.2, -0.15) is 0 Å². The summed E-state index contributed by atoms with van der Waals surface area (Å²) in [4.78, 5) is 0. The van der Waals surface area contributed by atoms with Crippen LogP contribution in [0, 0.1) is 12.8 Å². The molecular weight excluding hydrogens is 276 g/mol. The average molecular weight is 293 g/mol. The van der Waals surface area contributed by atoms with Gasteiger partial charge in [0.1, 0.15) is 5.75 Å². The van der Waals surface area contributed by atoms with Gasteiger partial charge in [0.25, 0.3) is 0 Å². The average Bonchev–Trinajstić information content (AvgIpc) is 2.75. The first-order valence-corrected chi connectivity index (χ1v) is 7.17. The summed E-state index contributed by atoms with van der Waals surface area (Å²) in [5, 5.41) is 4.31. The highest BCUT2D eigenvalue weighted by atomic mass is 35.5. The smallest absolute Gasteiger partial charge is 0.172 e. The zero-order valence-electron chi connectivity index (χ0n) is 11.4. The zero-order chi connectivity index (χ0) is 14.1. The van der Waals surface area contributed by atoms with Crippen LogP contribution in [0.3, 0.4) is 0 Å². The van der Waals surface area contributed by atoms with Crippen LogP contribution in [0.15, 0.2) is 22.7 Å². The normalized spacial score (nSPS) is 15.1. The monoisotopic (exact) mass is 292 g/mol. The van der Waals surface area contributed by atoms with E-state index >= 15 is 0 Å². The molecule has 4 nitrogen and oxygen atoms in total. The van der Waals surface area contributed by atoms with E-state index in [9.17, 15) is 0 Å². The van der Waals surface area contributed by atoms with Crippen molar-refractivity contribution in [1.82, 2.24) is 5.16 Å². The fraction of sp³-hybridized carbons (Fsp3) is 0.400. The topological polar surface area (TPSA) is 61.3 Å². The predicted molar refractivity (Wildman–Crippen MR) is 78.9 cm³/mol. The standard InChI is InChI=1S/C15H17ClN2O2/c1-9-5-11(13-7-14(17)18-20-13)15(12(16)6-9)19-8-10-3-2-4-10/h5-7,10H,2-4,8H2,1H3,(H2,17,18). The van der Waals surface area contributed by atoms with Gasteiger partial charge in [0.05, 0.1) is 17.2 Å². The van der Waals surface area contributed by atoms with Crippen molar-refractivity contribution in [2.45, 2.75) is 26.2 Å². The van der Waals surface area contributed by atoms with Gasteiger partial charge in [-0.05, 0) is 43.4 Å². The number of anilines is 1. The molecule has 1 saturated carbocycles. The van der Waals surface area contributed by atoms with Crippen LogP contribution in [0.2, 0.25) is 5.02 Å². The first kappa shape index (κ1) is 13.3. The number of nitrogen functional groups attached to an aromatic ring is 1. The lowest BCUT2D eigenvalue weighted by Crippen LogP contribution is -2.19. The van der Waals surface area contributed by atoms with Crippen molar-refractivity contribution in [2.24, 2.45) is 5.92 Å². The zero-order valence-corrected chi connectivity index (χ0v) is 12.1. The Bertz CT molecular complexity index is 620. The van der Waals surface area contributed by atoms with Crippen molar-refractivity contribution < 1.29 is 9.26 Å². The van der Waals surface area contributed by atoms with E-state index in [4.69, 9.17) is 26.6 Å². The number of nitrogens with zero attached hydrogens (tertiary/aromatic N) is 1. The number of halogens is 1. The molecule has 0 amide bonds. The molecular formula is C15H17ClN2O2. The van der Waals surface area contributed by atoms with Crippen LogP contribution in [-0.2, 0) is 0 Å². The molecule has 0 radical (unpaired) electrons. The number of nitrogens with two attached hydrogens (primary N) is 1. The molecule has 1 aromatic heterocycles. The van der Waals surface area contributed by atoms with Crippen molar-refractivity contribution in [1.29, 1.82) is 0 Å². The molecule has 2 N–H and O–H groups in total. The summed E-state index contributed by atoms with van der Waals surface area (Å²) >= 11 is 6.32. The van der Waals surface area contributed by atoms with Crippen molar-refractivity contribution in [3.63, 3.8) is 0 Å². The Labute approximate surface area is 122 Å². The largest absolute Gasteiger partial charge is 0.491 e. The summed E-state index contributed by atoms with van der Waals surface area (Å²) in [6.45, 7) is 2.67. The van der Waals surface area contributed by atoms with Crippen LogP contribution in [0.1, 0.15) is 24.8 Å². The minimum Gasteiger partial charge on any atom is -0.491 e. The van der Waals surface area contributed by atoms with Crippen molar-refractivity contribution in [3.05, 3.63) is 28.8 Å². The van der Waals surface area contributed by atoms with Crippen LogP contribution in [0.5, 0.6) is 5.75 Å². The van der Waals surface area contributed by atoms with Gasteiger partial charge in [0.2, 0.25) is 0 Å². The van der Waals surface area contributed by atoms with E-state index in [0.717, 1.165) is 11.1 Å². The Balaban J connectivity index is 1.93. The molecule has 20 heavy (non-hydrogen) atoms. The molecule has 0 spiro atoms. The highest BCUT2D eigenvalue weighted by molar-refractivity contribution is 6.32. The summed E-state index contributed by atoms with van der Waals surface area (Å²) < 4.78 is 11.2. The summed E-state index contributed by atoms with van der Waals surface area (Å²) in [6, 6.07) is 5.55. The molecule has 1 aromatic carbocycles. The Kier molecular flexibility index (Phi) is 3.57. The quantitative estimate of drug-likeness (QED) is 0.923. The number of benzene rings is 1. The molecule has 1 aliphatic carbocycles. The maximum atomic E-state index is 6.32. The lowest BCUT2D eigenvalue weighted by atomic mass is 9.86. The SMILES string of the molecule is Cc1cc(Cl)c(OCC2CCC2)c(-c2cc(N)no2)c1. The maximum Gasteiger partial charge on any atom is 0.172 e. The third kappa shape index (κ3) is 2.61. The Morgan fingerprint density at radius 3 is 2.80 bits per heavy atom. The molecule has 1 fully saturated rings. The van der Waals surface area contributed by atoms with Crippen molar-refractivity contribution in [2.75, 3.05) is 12.3 Å². The second kappa shape index (κ2) is 5.37. The molecule has 5 heteroatoms. The van der Waals surface area contributed by atoms with Crippen molar-refractivity contribution >= 4 is 17.4 Å². The minimum absolute atomic E-state index is 0.350. The molecule has 2 aromatic rings. The van der Waals surface area contributed by atoms with Gasteiger partial charge in [-0.25, -0.2) is 0 Å². The first-order valence-electron chi connectivity index (χ1n) is 6.79. The van der Waals surface area contributed by atoms with Crippen LogP contribution < -0.4 is 10.5 Å². The molecule has 3 rings (SSSR count). The number of rotatable bonds is 4. The van der Waals surface area contributed by atoms with Crippen LogP contribution in [-0.4, -0.2) is 11.8 Å². The van der Waals surface area contributed by atoms with Gasteiger partial charge in [-0.3, -0.25) is 0 Å². The van der Waals surface area contributed by atoms with Gasteiger partial charge in [0.15, 0.2) is 11.6 Å². The summed E-state index contributed by atoms with van der Waals surface area (Å²) in [5.41, 5.74) is 7.46. The molecule has 1 heterocycles. The van der Waals surface area contributed by atoms with E-state index < -0.39 is 0 Å². The summed E-state index contributed by atoms with van der Waals surface area (Å²) in [5.74, 6) is 2.22. The van der Waals surface area contributed by atoms with Gasteiger partial charge >= 0.3 is 0 Å². The molecule has 0 bridgehead atoms. The second-order valence-corrected chi connectivity index (χ2v) is 5.75. The van der Waals surface area contributed by atoms with Gasteiger partial charge in [0, 0.05) is 6.07 Å². The van der Waals surface area contributed by atoms with E-state index in [0.29, 0.717) is 34.9 Å². The highest BCUT2D eigenvalue weighted by Gasteiger charge is 2.21. The third-order valence-corrected chi connectivity index (χ3v) is 3.95. The van der Waals surface area contributed by atoms with E-state index in [1.54, 1.807) is 6.07 Å². The van der Waals surface area contributed by atoms with Gasteiger partial charge < -0.3 is 15.0 Å². The van der Waals surface area contributed by atoms with E-state index in [1.807, 2.05) is 19.1 Å². The minimum atomic E-state index is 0.350. The Hall–Kier alpha value is -1.68. The number of ether oxygens (including phenoxy) is 1. The van der Waals surface area contributed by atoms with Gasteiger partial charge in [-0.1, -0.05) is 23.2 Å². The number of hydrogen-bond donors (Lipinski definition) is 1. The first-order chi connectivity index (χ1) is 9.63. The van der Waals surface area contributed by atoms with Crippen LogP contribution >= 0.6 is 11.6 Å². The van der Waals surface area contributed by atoms with Crippen LogP contribution in [0.4, 0.5) is 5.82 Å². The molecule has 0 saturated heterocycles. The predicted octanol–water partition coefficient (Wildman–Crippen LogP) is 4.06. The van der Waals surface area contributed by atoms with Gasteiger partial charge in [-0.15, -0.1) is 0 Å². The number of aryl methyl sites for hydroxylation is 1.